The van der Waals surface area contributed by atoms with Crippen LogP contribution in [0.1, 0.15) is 32.3 Å². The lowest BCUT2D eigenvalue weighted by atomic mass is 10.0. The summed E-state index contributed by atoms with van der Waals surface area (Å²) in [4.78, 5) is 0. The molecule has 116 valence electrons. The van der Waals surface area contributed by atoms with E-state index in [4.69, 9.17) is 0 Å². The minimum absolute atomic E-state index is 0.0157. The molecule has 0 aliphatic rings. The second kappa shape index (κ2) is 7.79. The van der Waals surface area contributed by atoms with Crippen LogP contribution in [0.15, 0.2) is 15.7 Å². The third-order valence-electron chi connectivity index (χ3n) is 3.58. The Bertz CT molecular complexity index is 499. The lowest BCUT2D eigenvalue weighted by Crippen LogP contribution is -2.39. The van der Waals surface area contributed by atoms with E-state index in [9.17, 15) is 8.42 Å². The maximum absolute atomic E-state index is 12.3. The van der Waals surface area contributed by atoms with Gasteiger partial charge in [0, 0.05) is 17.8 Å². The molecule has 0 bridgehead atoms. The molecule has 20 heavy (non-hydrogen) atoms. The van der Waals surface area contributed by atoms with Crippen molar-refractivity contribution in [2.24, 2.45) is 0 Å². The Morgan fingerprint density at radius 1 is 1.35 bits per heavy atom. The summed E-state index contributed by atoms with van der Waals surface area (Å²) in [5.41, 5.74) is 1.000. The molecule has 0 aromatic carbocycles. The summed E-state index contributed by atoms with van der Waals surface area (Å²) < 4.78 is 27.8. The predicted molar refractivity (Wildman–Crippen MR) is 89.1 cm³/mol. The Labute approximate surface area is 130 Å². The maximum Gasteiger partial charge on any atom is 0.250 e. The lowest BCUT2D eigenvalue weighted by Gasteiger charge is -2.29. The number of hydrogen-bond acceptors (Lipinski definition) is 5. The molecule has 0 fully saturated rings. The van der Waals surface area contributed by atoms with Crippen molar-refractivity contribution in [1.29, 1.82) is 0 Å². The highest BCUT2D eigenvalue weighted by molar-refractivity contribution is 8.00. The SMILES string of the molecule is CCC(CC)(CNS(=O)(=O)c1cc(CNC)cs1)SC. The van der Waals surface area contributed by atoms with E-state index in [0.717, 1.165) is 18.4 Å². The van der Waals surface area contributed by atoms with Crippen molar-refractivity contribution < 1.29 is 8.42 Å². The van der Waals surface area contributed by atoms with Gasteiger partial charge in [0.25, 0.3) is 0 Å². The van der Waals surface area contributed by atoms with E-state index in [0.29, 0.717) is 17.3 Å². The van der Waals surface area contributed by atoms with E-state index >= 15 is 0 Å². The molecular formula is C13H24N2O2S3. The van der Waals surface area contributed by atoms with Gasteiger partial charge in [0.1, 0.15) is 4.21 Å². The quantitative estimate of drug-likeness (QED) is 0.728. The molecule has 7 heteroatoms. The van der Waals surface area contributed by atoms with Crippen LogP contribution in [-0.4, -0.2) is 33.0 Å². The third kappa shape index (κ3) is 4.46. The Morgan fingerprint density at radius 3 is 2.50 bits per heavy atom. The summed E-state index contributed by atoms with van der Waals surface area (Å²) in [6, 6.07) is 1.74. The predicted octanol–water partition coefficient (Wildman–Crippen LogP) is 2.67. The molecule has 1 rings (SSSR count). The molecule has 0 radical (unpaired) electrons. The summed E-state index contributed by atoms with van der Waals surface area (Å²) in [6.07, 6.45) is 3.93. The summed E-state index contributed by atoms with van der Waals surface area (Å²) in [7, 11) is -1.55. The van der Waals surface area contributed by atoms with Crippen LogP contribution in [0.4, 0.5) is 0 Å². The van der Waals surface area contributed by atoms with Crippen molar-refractivity contribution in [1.82, 2.24) is 10.0 Å². The van der Waals surface area contributed by atoms with Crippen LogP contribution in [-0.2, 0) is 16.6 Å². The van der Waals surface area contributed by atoms with Crippen molar-refractivity contribution in [2.75, 3.05) is 19.8 Å². The Kier molecular flexibility index (Phi) is 7.00. The van der Waals surface area contributed by atoms with Crippen LogP contribution < -0.4 is 10.0 Å². The summed E-state index contributed by atoms with van der Waals surface area (Å²) in [6.45, 7) is 5.36. The number of rotatable bonds is 9. The van der Waals surface area contributed by atoms with Crippen LogP contribution in [0.25, 0.3) is 0 Å². The first-order chi connectivity index (χ1) is 9.43. The molecule has 0 aliphatic carbocycles. The van der Waals surface area contributed by atoms with Gasteiger partial charge < -0.3 is 5.32 Å². The zero-order chi connectivity index (χ0) is 15.2. The van der Waals surface area contributed by atoms with Crippen LogP contribution in [0.5, 0.6) is 0 Å². The van der Waals surface area contributed by atoms with E-state index in [1.165, 1.54) is 11.3 Å². The molecule has 0 spiro atoms. The Balaban J connectivity index is 2.78. The Hall–Kier alpha value is -0.0800. The molecule has 0 atom stereocenters. The molecule has 0 unspecified atom stereocenters. The van der Waals surface area contributed by atoms with Gasteiger partial charge in [-0.25, -0.2) is 13.1 Å². The second-order valence-corrected chi connectivity index (χ2v) is 8.90. The van der Waals surface area contributed by atoms with Crippen molar-refractivity contribution in [2.45, 2.75) is 42.2 Å². The van der Waals surface area contributed by atoms with Gasteiger partial charge in [-0.2, -0.15) is 11.8 Å². The largest absolute Gasteiger partial charge is 0.316 e. The van der Waals surface area contributed by atoms with Gasteiger partial charge in [0.05, 0.1) is 0 Å². The molecule has 1 heterocycles. The maximum atomic E-state index is 12.3. The fourth-order valence-corrected chi connectivity index (χ4v) is 5.22. The average molecular weight is 337 g/mol. The van der Waals surface area contributed by atoms with Crippen LogP contribution in [0.2, 0.25) is 0 Å². The number of hydrogen-bond donors (Lipinski definition) is 2. The van der Waals surface area contributed by atoms with Crippen LogP contribution in [0, 0.1) is 0 Å². The highest BCUT2D eigenvalue weighted by atomic mass is 32.2. The third-order valence-corrected chi connectivity index (χ3v) is 8.06. The summed E-state index contributed by atoms with van der Waals surface area (Å²) >= 11 is 3.01. The smallest absolute Gasteiger partial charge is 0.250 e. The number of nitrogens with one attached hydrogen (secondary N) is 2. The highest BCUT2D eigenvalue weighted by Crippen LogP contribution is 2.30. The average Bonchev–Trinajstić information content (AvgIpc) is 2.91. The molecule has 0 amide bonds. The molecule has 1 aromatic rings. The fourth-order valence-electron chi connectivity index (χ4n) is 1.95. The van der Waals surface area contributed by atoms with Crippen molar-refractivity contribution in [3.63, 3.8) is 0 Å². The fraction of sp³-hybridized carbons (Fsp3) is 0.692. The normalized spacial score (nSPS) is 12.8. The van der Waals surface area contributed by atoms with Crippen LogP contribution in [0.3, 0.4) is 0 Å². The van der Waals surface area contributed by atoms with Crippen molar-refractivity contribution >= 4 is 33.1 Å². The molecule has 2 N–H and O–H groups in total. The summed E-state index contributed by atoms with van der Waals surface area (Å²) in [5, 5.41) is 4.90. The van der Waals surface area contributed by atoms with Gasteiger partial charge >= 0.3 is 0 Å². The topological polar surface area (TPSA) is 58.2 Å². The zero-order valence-electron chi connectivity index (χ0n) is 12.5. The molecule has 1 aromatic heterocycles. The first-order valence-corrected chi connectivity index (χ1v) is 10.3. The van der Waals surface area contributed by atoms with Gasteiger partial charge in [-0.1, -0.05) is 13.8 Å². The number of thioether (sulfide) groups is 1. The summed E-state index contributed by atoms with van der Waals surface area (Å²) in [5.74, 6) is 0. The van der Waals surface area contributed by atoms with E-state index in [1.54, 1.807) is 17.8 Å². The van der Waals surface area contributed by atoms with E-state index in [1.807, 2.05) is 18.7 Å². The second-order valence-electron chi connectivity index (χ2n) is 4.72. The molecular weight excluding hydrogens is 312 g/mol. The van der Waals surface area contributed by atoms with Crippen molar-refractivity contribution in [3.8, 4) is 0 Å². The first-order valence-electron chi connectivity index (χ1n) is 6.70. The van der Waals surface area contributed by atoms with E-state index in [-0.39, 0.29) is 4.75 Å². The standard InChI is InChI=1S/C13H24N2O2S3/c1-5-13(6-2,18-4)10-15-20(16,17)12-7-11(8-14-3)9-19-12/h7,9,14-15H,5-6,8,10H2,1-4H3. The van der Waals surface area contributed by atoms with Gasteiger partial charge in [-0.3, -0.25) is 0 Å². The van der Waals surface area contributed by atoms with Gasteiger partial charge in [-0.15, -0.1) is 11.3 Å². The molecule has 0 aliphatic heterocycles. The molecule has 0 saturated heterocycles. The van der Waals surface area contributed by atoms with Crippen LogP contribution >= 0.6 is 23.1 Å². The Morgan fingerprint density at radius 2 is 2.00 bits per heavy atom. The minimum atomic E-state index is -3.39. The lowest BCUT2D eigenvalue weighted by molar-refractivity contribution is 0.523. The van der Waals surface area contributed by atoms with Crippen molar-refractivity contribution in [3.05, 3.63) is 17.0 Å². The molecule has 4 nitrogen and oxygen atoms in total. The number of thiophene rings is 1. The first kappa shape index (κ1) is 18.0. The van der Waals surface area contributed by atoms with E-state index in [2.05, 4.69) is 23.9 Å². The molecule has 0 saturated carbocycles. The van der Waals surface area contributed by atoms with Gasteiger partial charge in [0.2, 0.25) is 10.0 Å². The number of sulfonamides is 1. The minimum Gasteiger partial charge on any atom is -0.316 e. The monoisotopic (exact) mass is 336 g/mol. The highest BCUT2D eigenvalue weighted by Gasteiger charge is 2.28. The van der Waals surface area contributed by atoms with E-state index < -0.39 is 10.0 Å². The van der Waals surface area contributed by atoms with Gasteiger partial charge in [-0.05, 0) is 43.2 Å². The van der Waals surface area contributed by atoms with Gasteiger partial charge in [0.15, 0.2) is 0 Å². The zero-order valence-corrected chi connectivity index (χ0v) is 15.0.